The zero-order valence-electron chi connectivity index (χ0n) is 17.6. The lowest BCUT2D eigenvalue weighted by atomic mass is 10.0. The van der Waals surface area contributed by atoms with E-state index in [2.05, 4.69) is 20.3 Å². The lowest BCUT2D eigenvalue weighted by Gasteiger charge is -2.13. The molecule has 0 aliphatic carbocycles. The number of alkyl halides is 3. The van der Waals surface area contributed by atoms with E-state index in [4.69, 9.17) is 4.74 Å². The topological polar surface area (TPSA) is 59.9 Å². The predicted molar refractivity (Wildman–Crippen MR) is 118 cm³/mol. The number of nitrogens with one attached hydrogen (secondary N) is 1. The number of hydrogen-bond donors (Lipinski definition) is 1. The SMILES string of the molecule is CCOCc1nc(Nc2ccc(C(F)(F)F)cc2)c2ccc(-c3ncccc3C)cc2n1. The largest absolute Gasteiger partial charge is 0.416 e. The third kappa shape index (κ3) is 4.70. The van der Waals surface area contributed by atoms with Gasteiger partial charge in [-0.3, -0.25) is 4.98 Å². The molecule has 0 fully saturated rings. The van der Waals surface area contributed by atoms with Gasteiger partial charge in [0.25, 0.3) is 0 Å². The molecule has 0 aliphatic rings. The maximum absolute atomic E-state index is 12.9. The third-order valence-electron chi connectivity index (χ3n) is 4.94. The van der Waals surface area contributed by atoms with Crippen LogP contribution >= 0.6 is 0 Å². The van der Waals surface area contributed by atoms with Crippen molar-refractivity contribution in [1.29, 1.82) is 0 Å². The molecule has 0 spiro atoms. The minimum atomic E-state index is -4.38. The smallest absolute Gasteiger partial charge is 0.374 e. The first-order chi connectivity index (χ1) is 15.3. The Hall–Kier alpha value is -3.52. The molecule has 1 N–H and O–H groups in total. The van der Waals surface area contributed by atoms with Gasteiger partial charge in [0.2, 0.25) is 0 Å². The standard InChI is InChI=1S/C24H21F3N4O/c1-3-32-14-21-30-20-13-16(22-15(2)5-4-12-28-22)6-11-19(20)23(31-21)29-18-9-7-17(8-10-18)24(25,26)27/h4-13H,3,14H2,1-2H3,(H,29,30,31). The summed E-state index contributed by atoms with van der Waals surface area (Å²) < 4.78 is 44.1. The highest BCUT2D eigenvalue weighted by Gasteiger charge is 2.30. The Morgan fingerprint density at radius 1 is 1.00 bits per heavy atom. The number of ether oxygens (including phenoxy) is 1. The third-order valence-corrected chi connectivity index (χ3v) is 4.94. The van der Waals surface area contributed by atoms with Crippen LogP contribution in [0.25, 0.3) is 22.2 Å². The molecule has 0 radical (unpaired) electrons. The summed E-state index contributed by atoms with van der Waals surface area (Å²) in [5, 5.41) is 3.86. The van der Waals surface area contributed by atoms with E-state index in [1.54, 1.807) is 6.20 Å². The van der Waals surface area contributed by atoms with E-state index in [9.17, 15) is 13.2 Å². The first-order valence-corrected chi connectivity index (χ1v) is 10.1. The Kier molecular flexibility index (Phi) is 6.05. The molecule has 4 aromatic rings. The van der Waals surface area contributed by atoms with Crippen LogP contribution < -0.4 is 5.32 Å². The summed E-state index contributed by atoms with van der Waals surface area (Å²) in [6, 6.07) is 14.5. The normalized spacial score (nSPS) is 11.7. The number of rotatable bonds is 6. The number of halogens is 3. The molecule has 8 heteroatoms. The molecule has 32 heavy (non-hydrogen) atoms. The highest BCUT2D eigenvalue weighted by molar-refractivity contribution is 5.93. The zero-order valence-corrected chi connectivity index (χ0v) is 17.6. The van der Waals surface area contributed by atoms with E-state index >= 15 is 0 Å². The van der Waals surface area contributed by atoms with Gasteiger partial charge in [0.05, 0.1) is 16.8 Å². The van der Waals surface area contributed by atoms with E-state index in [1.165, 1.54) is 12.1 Å². The van der Waals surface area contributed by atoms with Gasteiger partial charge in [-0.1, -0.05) is 12.1 Å². The molecule has 2 aromatic heterocycles. The Labute approximate surface area is 183 Å². The first kappa shape index (κ1) is 21.7. The highest BCUT2D eigenvalue weighted by Crippen LogP contribution is 2.32. The van der Waals surface area contributed by atoms with E-state index in [0.717, 1.165) is 34.3 Å². The van der Waals surface area contributed by atoms with Gasteiger partial charge in [-0.15, -0.1) is 0 Å². The average molecular weight is 438 g/mol. The molecule has 2 aromatic carbocycles. The number of aryl methyl sites for hydroxylation is 1. The van der Waals surface area contributed by atoms with Crippen molar-refractivity contribution in [3.63, 3.8) is 0 Å². The van der Waals surface area contributed by atoms with Gasteiger partial charge in [0.1, 0.15) is 12.4 Å². The number of pyridine rings is 1. The highest BCUT2D eigenvalue weighted by atomic mass is 19.4. The minimum Gasteiger partial charge on any atom is -0.374 e. The molecule has 4 rings (SSSR count). The van der Waals surface area contributed by atoms with Crippen molar-refractivity contribution in [2.24, 2.45) is 0 Å². The molecule has 0 unspecified atom stereocenters. The van der Waals surface area contributed by atoms with Crippen LogP contribution in [0.4, 0.5) is 24.7 Å². The second-order valence-electron chi connectivity index (χ2n) is 7.23. The fraction of sp³-hybridized carbons (Fsp3) is 0.208. The number of hydrogen-bond acceptors (Lipinski definition) is 5. The molecular formula is C24H21F3N4O. The van der Waals surface area contributed by atoms with Crippen molar-refractivity contribution in [3.8, 4) is 11.3 Å². The molecule has 5 nitrogen and oxygen atoms in total. The van der Waals surface area contributed by atoms with Crippen LogP contribution in [0.1, 0.15) is 23.9 Å². The van der Waals surface area contributed by atoms with Crippen LogP contribution in [-0.2, 0) is 17.5 Å². The molecule has 0 aliphatic heterocycles. The second-order valence-corrected chi connectivity index (χ2v) is 7.23. The van der Waals surface area contributed by atoms with E-state index in [1.807, 2.05) is 44.2 Å². The Bertz CT molecular complexity index is 1240. The van der Waals surface area contributed by atoms with Crippen LogP contribution in [0.15, 0.2) is 60.8 Å². The Morgan fingerprint density at radius 2 is 1.78 bits per heavy atom. The molecule has 0 saturated carbocycles. The van der Waals surface area contributed by atoms with E-state index in [0.29, 0.717) is 29.5 Å². The molecule has 0 amide bonds. The van der Waals surface area contributed by atoms with E-state index in [-0.39, 0.29) is 6.61 Å². The first-order valence-electron chi connectivity index (χ1n) is 10.1. The lowest BCUT2D eigenvalue weighted by Crippen LogP contribution is -2.06. The second kappa shape index (κ2) is 8.92. The van der Waals surface area contributed by atoms with Gasteiger partial charge < -0.3 is 10.1 Å². The maximum Gasteiger partial charge on any atom is 0.416 e. The summed E-state index contributed by atoms with van der Waals surface area (Å²) >= 11 is 0. The van der Waals surface area contributed by atoms with Gasteiger partial charge in [0, 0.05) is 29.4 Å². The van der Waals surface area contributed by atoms with Crippen LogP contribution in [0.5, 0.6) is 0 Å². The molecule has 2 heterocycles. The summed E-state index contributed by atoms with van der Waals surface area (Å²) in [5.41, 5.74) is 3.28. The molecular weight excluding hydrogens is 417 g/mol. The molecule has 164 valence electrons. The van der Waals surface area contributed by atoms with Crippen LogP contribution in [-0.4, -0.2) is 21.6 Å². The van der Waals surface area contributed by atoms with Crippen molar-refractivity contribution in [2.75, 3.05) is 11.9 Å². The number of anilines is 2. The quantitative estimate of drug-likeness (QED) is 0.383. The molecule has 0 bridgehead atoms. The molecule has 0 atom stereocenters. The van der Waals surface area contributed by atoms with Crippen molar-refractivity contribution in [1.82, 2.24) is 15.0 Å². The van der Waals surface area contributed by atoms with Gasteiger partial charge in [0.15, 0.2) is 5.82 Å². The van der Waals surface area contributed by atoms with Crippen LogP contribution in [0.3, 0.4) is 0 Å². The summed E-state index contributed by atoms with van der Waals surface area (Å²) in [6.45, 7) is 4.60. The monoisotopic (exact) mass is 438 g/mol. The van der Waals surface area contributed by atoms with Gasteiger partial charge >= 0.3 is 6.18 Å². The number of benzene rings is 2. The predicted octanol–water partition coefficient (Wildman–Crippen LogP) is 6.30. The lowest BCUT2D eigenvalue weighted by molar-refractivity contribution is -0.137. The van der Waals surface area contributed by atoms with Crippen molar-refractivity contribution in [2.45, 2.75) is 26.6 Å². The average Bonchev–Trinajstić information content (AvgIpc) is 2.77. The molecule has 0 saturated heterocycles. The Balaban J connectivity index is 1.75. The fourth-order valence-electron chi connectivity index (χ4n) is 3.35. The summed E-state index contributed by atoms with van der Waals surface area (Å²) in [4.78, 5) is 13.6. The van der Waals surface area contributed by atoms with E-state index < -0.39 is 11.7 Å². The summed E-state index contributed by atoms with van der Waals surface area (Å²) in [7, 11) is 0. The minimum absolute atomic E-state index is 0.223. The summed E-state index contributed by atoms with van der Waals surface area (Å²) in [5.74, 6) is 0.970. The Morgan fingerprint density at radius 3 is 2.47 bits per heavy atom. The maximum atomic E-state index is 12.9. The van der Waals surface area contributed by atoms with Gasteiger partial charge in [-0.25, -0.2) is 9.97 Å². The van der Waals surface area contributed by atoms with Crippen molar-refractivity contribution < 1.29 is 17.9 Å². The zero-order chi connectivity index (χ0) is 22.7. The summed E-state index contributed by atoms with van der Waals surface area (Å²) in [6.07, 6.45) is -2.64. The number of aromatic nitrogens is 3. The van der Waals surface area contributed by atoms with Crippen molar-refractivity contribution in [3.05, 3.63) is 77.7 Å². The number of fused-ring (bicyclic) bond motifs is 1. The fourth-order valence-corrected chi connectivity index (χ4v) is 3.35. The van der Waals surface area contributed by atoms with Gasteiger partial charge in [-0.05, 0) is 61.9 Å². The van der Waals surface area contributed by atoms with Gasteiger partial charge in [-0.2, -0.15) is 13.2 Å². The van der Waals surface area contributed by atoms with Crippen molar-refractivity contribution >= 4 is 22.4 Å². The van der Waals surface area contributed by atoms with Crippen LogP contribution in [0.2, 0.25) is 0 Å². The number of nitrogens with zero attached hydrogens (tertiary/aromatic N) is 3. The van der Waals surface area contributed by atoms with Crippen LogP contribution in [0, 0.1) is 6.92 Å².